The Hall–Kier alpha value is -1.07. The molecule has 12 heavy (non-hydrogen) atoms. The van der Waals surface area contributed by atoms with Crippen molar-refractivity contribution in [3.8, 4) is 0 Å². The Kier molecular flexibility index (Phi) is 1.19. The van der Waals surface area contributed by atoms with Gasteiger partial charge in [-0.05, 0) is 0 Å². The minimum atomic E-state index is 0.820. The molecule has 0 radical (unpaired) electrons. The van der Waals surface area contributed by atoms with Gasteiger partial charge in [0.2, 0.25) is 0 Å². The molecule has 1 saturated heterocycles. The van der Waals surface area contributed by atoms with Crippen LogP contribution in [0, 0.1) is 0 Å². The minimum absolute atomic E-state index is 0.820. The van der Waals surface area contributed by atoms with Gasteiger partial charge in [-0.3, -0.25) is 10.0 Å². The zero-order valence-corrected chi connectivity index (χ0v) is 6.75. The second kappa shape index (κ2) is 2.21. The number of hydrogen-bond acceptors (Lipinski definition) is 5. The fourth-order valence-electron chi connectivity index (χ4n) is 1.80. The van der Waals surface area contributed by atoms with Crippen LogP contribution in [0.1, 0.15) is 0 Å². The molecule has 3 aliphatic rings. The maximum Gasteiger partial charge on any atom is 0.106 e. The summed E-state index contributed by atoms with van der Waals surface area (Å²) in [5, 5.41) is 7.54. The summed E-state index contributed by atoms with van der Waals surface area (Å²) in [4.78, 5) is 4.19. The van der Waals surface area contributed by atoms with Crippen molar-refractivity contribution >= 4 is 6.34 Å². The van der Waals surface area contributed by atoms with E-state index in [-0.39, 0.29) is 0 Å². The van der Waals surface area contributed by atoms with E-state index in [0.29, 0.717) is 0 Å². The standard InChI is InChI=1S/C7H11N5/c1-2-11-6(3-8-1)7-4-9-5-12(7)10-11/h5,8,10H,1-4H2. The first-order valence-electron chi connectivity index (χ1n) is 4.21. The molecular weight excluding hydrogens is 154 g/mol. The van der Waals surface area contributed by atoms with E-state index in [1.165, 1.54) is 11.4 Å². The van der Waals surface area contributed by atoms with E-state index in [1.54, 1.807) is 0 Å². The molecule has 5 nitrogen and oxygen atoms in total. The van der Waals surface area contributed by atoms with Gasteiger partial charge < -0.3 is 5.32 Å². The second-order valence-electron chi connectivity index (χ2n) is 3.15. The third-order valence-electron chi connectivity index (χ3n) is 2.42. The lowest BCUT2D eigenvalue weighted by atomic mass is 10.2. The highest BCUT2D eigenvalue weighted by Gasteiger charge is 2.31. The van der Waals surface area contributed by atoms with E-state index in [2.05, 4.69) is 20.9 Å². The number of nitrogens with one attached hydrogen (secondary N) is 2. The van der Waals surface area contributed by atoms with Gasteiger partial charge in [-0.2, -0.15) is 0 Å². The van der Waals surface area contributed by atoms with Crippen molar-refractivity contribution in [3.05, 3.63) is 11.4 Å². The van der Waals surface area contributed by atoms with E-state index in [4.69, 9.17) is 0 Å². The quantitative estimate of drug-likeness (QED) is 0.477. The summed E-state index contributed by atoms with van der Waals surface area (Å²) in [5.74, 6) is 0. The van der Waals surface area contributed by atoms with E-state index in [0.717, 1.165) is 26.2 Å². The predicted octanol–water partition coefficient (Wildman–Crippen LogP) is -1.12. The Morgan fingerprint density at radius 3 is 3.42 bits per heavy atom. The molecule has 64 valence electrons. The van der Waals surface area contributed by atoms with Crippen LogP contribution in [-0.4, -0.2) is 42.5 Å². The van der Waals surface area contributed by atoms with Crippen LogP contribution < -0.4 is 10.9 Å². The SMILES string of the molecule is C1=NCC2=C3CNCCN3NN12. The predicted molar refractivity (Wildman–Crippen MR) is 44.9 cm³/mol. The molecule has 2 N–H and O–H groups in total. The molecule has 0 spiro atoms. The monoisotopic (exact) mass is 165 g/mol. The molecule has 0 amide bonds. The van der Waals surface area contributed by atoms with E-state index in [1.807, 2.05) is 11.3 Å². The molecule has 3 heterocycles. The van der Waals surface area contributed by atoms with Crippen LogP contribution in [0.15, 0.2) is 16.4 Å². The molecule has 3 rings (SSSR count). The maximum atomic E-state index is 4.19. The highest BCUT2D eigenvalue weighted by Crippen LogP contribution is 2.22. The van der Waals surface area contributed by atoms with Crippen LogP contribution in [0.5, 0.6) is 0 Å². The fraction of sp³-hybridized carbons (Fsp3) is 0.571. The van der Waals surface area contributed by atoms with Gasteiger partial charge in [0.15, 0.2) is 0 Å². The third kappa shape index (κ3) is 0.720. The Labute approximate surface area is 70.7 Å². The Morgan fingerprint density at radius 2 is 2.42 bits per heavy atom. The Morgan fingerprint density at radius 1 is 1.42 bits per heavy atom. The first-order chi connectivity index (χ1) is 5.95. The second-order valence-corrected chi connectivity index (χ2v) is 3.15. The number of rotatable bonds is 0. The van der Waals surface area contributed by atoms with Crippen LogP contribution in [0.25, 0.3) is 0 Å². The van der Waals surface area contributed by atoms with Crippen molar-refractivity contribution < 1.29 is 0 Å². The lowest BCUT2D eigenvalue weighted by molar-refractivity contribution is 0.169. The molecule has 5 heteroatoms. The lowest BCUT2D eigenvalue weighted by Crippen LogP contribution is -2.47. The first-order valence-corrected chi connectivity index (χ1v) is 4.21. The van der Waals surface area contributed by atoms with Gasteiger partial charge in [-0.15, -0.1) is 5.53 Å². The van der Waals surface area contributed by atoms with Crippen LogP contribution in [-0.2, 0) is 0 Å². The van der Waals surface area contributed by atoms with Crippen molar-refractivity contribution in [3.63, 3.8) is 0 Å². The zero-order valence-electron chi connectivity index (χ0n) is 6.75. The molecule has 3 aliphatic heterocycles. The number of nitrogens with zero attached hydrogens (tertiary/aromatic N) is 3. The number of hydrogen-bond donors (Lipinski definition) is 2. The third-order valence-corrected chi connectivity index (χ3v) is 2.42. The van der Waals surface area contributed by atoms with Gasteiger partial charge in [-0.1, -0.05) is 0 Å². The van der Waals surface area contributed by atoms with Gasteiger partial charge in [0.25, 0.3) is 0 Å². The highest BCUT2D eigenvalue weighted by molar-refractivity contribution is 5.62. The lowest BCUT2D eigenvalue weighted by Gasteiger charge is -2.27. The summed E-state index contributed by atoms with van der Waals surface area (Å²) < 4.78 is 0. The normalized spacial score (nSPS) is 26.7. The molecule has 0 saturated carbocycles. The maximum absolute atomic E-state index is 4.19. The molecule has 0 bridgehead atoms. The molecule has 1 fully saturated rings. The molecule has 0 atom stereocenters. The summed E-state index contributed by atoms with van der Waals surface area (Å²) in [6.45, 7) is 3.86. The van der Waals surface area contributed by atoms with Crippen molar-refractivity contribution in [2.45, 2.75) is 0 Å². The first kappa shape index (κ1) is 6.45. The van der Waals surface area contributed by atoms with Crippen molar-refractivity contribution in [2.24, 2.45) is 4.99 Å². The summed E-state index contributed by atoms with van der Waals surface area (Å²) >= 11 is 0. The molecule has 0 aromatic heterocycles. The molecule has 0 aromatic carbocycles. The van der Waals surface area contributed by atoms with Gasteiger partial charge >= 0.3 is 0 Å². The van der Waals surface area contributed by atoms with Crippen molar-refractivity contribution in [2.75, 3.05) is 26.2 Å². The largest absolute Gasteiger partial charge is 0.309 e. The van der Waals surface area contributed by atoms with Crippen LogP contribution >= 0.6 is 0 Å². The molecule has 0 unspecified atom stereocenters. The molecular formula is C7H11N5. The van der Waals surface area contributed by atoms with E-state index in [9.17, 15) is 0 Å². The van der Waals surface area contributed by atoms with E-state index < -0.39 is 0 Å². The average Bonchev–Trinajstić information content (AvgIpc) is 2.62. The zero-order chi connectivity index (χ0) is 7.97. The average molecular weight is 165 g/mol. The summed E-state index contributed by atoms with van der Waals surface area (Å²) in [6.07, 6.45) is 1.85. The van der Waals surface area contributed by atoms with Crippen LogP contribution in [0.4, 0.5) is 0 Å². The van der Waals surface area contributed by atoms with Crippen LogP contribution in [0.3, 0.4) is 0 Å². The smallest absolute Gasteiger partial charge is 0.106 e. The Bertz CT molecular complexity index is 269. The molecule has 0 aliphatic carbocycles. The van der Waals surface area contributed by atoms with Crippen LogP contribution in [0.2, 0.25) is 0 Å². The van der Waals surface area contributed by atoms with Crippen molar-refractivity contribution in [1.29, 1.82) is 0 Å². The van der Waals surface area contributed by atoms with E-state index >= 15 is 0 Å². The highest BCUT2D eigenvalue weighted by atomic mass is 15.8. The van der Waals surface area contributed by atoms with Gasteiger partial charge in [0, 0.05) is 19.6 Å². The van der Waals surface area contributed by atoms with Gasteiger partial charge in [-0.25, -0.2) is 5.01 Å². The number of fused-ring (bicyclic) bond motifs is 2. The van der Waals surface area contributed by atoms with Crippen molar-refractivity contribution in [1.82, 2.24) is 20.9 Å². The summed E-state index contributed by atoms with van der Waals surface area (Å²) in [6, 6.07) is 0. The van der Waals surface area contributed by atoms with Gasteiger partial charge in [0.05, 0.1) is 17.9 Å². The topological polar surface area (TPSA) is 42.9 Å². The number of piperazine rings is 1. The number of aliphatic imine (C=N–C) groups is 1. The van der Waals surface area contributed by atoms with Gasteiger partial charge in [0.1, 0.15) is 6.34 Å². The molecule has 0 aromatic rings. The summed E-state index contributed by atoms with van der Waals surface area (Å²) in [5.41, 5.74) is 5.90. The fourth-order valence-corrected chi connectivity index (χ4v) is 1.80. The summed E-state index contributed by atoms with van der Waals surface area (Å²) in [7, 11) is 0. The Balaban J connectivity index is 1.96. The number of hydrazine groups is 2. The minimum Gasteiger partial charge on any atom is -0.309 e.